The van der Waals surface area contributed by atoms with E-state index in [4.69, 9.17) is 10.5 Å². The summed E-state index contributed by atoms with van der Waals surface area (Å²) < 4.78 is 5.27. The zero-order valence-corrected chi connectivity index (χ0v) is 11.4. The Bertz CT molecular complexity index is 400. The van der Waals surface area contributed by atoms with Crippen LogP contribution in [0.25, 0.3) is 0 Å². The highest BCUT2D eigenvalue weighted by Gasteiger charge is 2.24. The van der Waals surface area contributed by atoms with E-state index in [1.54, 1.807) is 0 Å². The lowest BCUT2D eigenvalue weighted by atomic mass is 9.89. The first-order valence-corrected chi connectivity index (χ1v) is 6.84. The lowest BCUT2D eigenvalue weighted by molar-refractivity contribution is -0.135. The smallest absolute Gasteiger partial charge is 0.223 e. The standard InChI is InChI=1S/C15H22N2O2/c1-12(16)14(13-5-3-2-4-6-13)11-15(18)17-7-9-19-10-8-17/h2-6,12,14H,7-11,16H2,1H3. The van der Waals surface area contributed by atoms with Gasteiger partial charge in [0, 0.05) is 31.5 Å². The van der Waals surface area contributed by atoms with Gasteiger partial charge in [-0.25, -0.2) is 0 Å². The predicted octanol–water partition coefficient (Wildman–Crippen LogP) is 1.37. The molecule has 1 amide bonds. The van der Waals surface area contributed by atoms with Crippen molar-refractivity contribution in [3.05, 3.63) is 35.9 Å². The van der Waals surface area contributed by atoms with Crippen LogP contribution in [0.3, 0.4) is 0 Å². The second-order valence-corrected chi connectivity index (χ2v) is 5.07. The fraction of sp³-hybridized carbons (Fsp3) is 0.533. The van der Waals surface area contributed by atoms with Gasteiger partial charge in [0.1, 0.15) is 0 Å². The van der Waals surface area contributed by atoms with Crippen molar-refractivity contribution >= 4 is 5.91 Å². The zero-order valence-electron chi connectivity index (χ0n) is 11.4. The van der Waals surface area contributed by atoms with E-state index in [1.807, 2.05) is 42.2 Å². The van der Waals surface area contributed by atoms with Crippen molar-refractivity contribution in [2.24, 2.45) is 5.73 Å². The maximum atomic E-state index is 12.3. The summed E-state index contributed by atoms with van der Waals surface area (Å²) in [6.45, 7) is 4.63. The molecule has 2 N–H and O–H groups in total. The minimum absolute atomic E-state index is 0.0348. The molecule has 1 aromatic carbocycles. The van der Waals surface area contributed by atoms with Crippen LogP contribution in [0, 0.1) is 0 Å². The topological polar surface area (TPSA) is 55.6 Å². The molecule has 0 saturated carbocycles. The number of nitrogens with zero attached hydrogens (tertiary/aromatic N) is 1. The largest absolute Gasteiger partial charge is 0.378 e. The summed E-state index contributed by atoms with van der Waals surface area (Å²) in [5.41, 5.74) is 7.19. The molecule has 1 aromatic rings. The molecule has 0 spiro atoms. The highest BCUT2D eigenvalue weighted by molar-refractivity contribution is 5.77. The monoisotopic (exact) mass is 262 g/mol. The Labute approximate surface area is 114 Å². The molecule has 4 nitrogen and oxygen atoms in total. The first kappa shape index (κ1) is 14.0. The summed E-state index contributed by atoms with van der Waals surface area (Å²) in [5, 5.41) is 0. The zero-order chi connectivity index (χ0) is 13.7. The van der Waals surface area contributed by atoms with Gasteiger partial charge in [-0.05, 0) is 12.5 Å². The highest BCUT2D eigenvalue weighted by Crippen LogP contribution is 2.23. The number of amides is 1. The van der Waals surface area contributed by atoms with Crippen LogP contribution >= 0.6 is 0 Å². The van der Waals surface area contributed by atoms with Crippen molar-refractivity contribution in [2.75, 3.05) is 26.3 Å². The van der Waals surface area contributed by atoms with Crippen LogP contribution in [0.1, 0.15) is 24.8 Å². The molecule has 0 radical (unpaired) electrons. The Hall–Kier alpha value is -1.39. The fourth-order valence-electron chi connectivity index (χ4n) is 2.44. The van der Waals surface area contributed by atoms with Crippen molar-refractivity contribution in [3.63, 3.8) is 0 Å². The Morgan fingerprint density at radius 3 is 2.53 bits per heavy atom. The lowest BCUT2D eigenvalue weighted by Gasteiger charge is -2.29. The van der Waals surface area contributed by atoms with Gasteiger partial charge in [-0.1, -0.05) is 30.3 Å². The summed E-state index contributed by atoms with van der Waals surface area (Å²) in [5.74, 6) is 0.256. The van der Waals surface area contributed by atoms with Crippen LogP contribution in [-0.4, -0.2) is 43.2 Å². The van der Waals surface area contributed by atoms with Crippen LogP contribution in [0.15, 0.2) is 30.3 Å². The number of rotatable bonds is 4. The van der Waals surface area contributed by atoms with Crippen LogP contribution in [0.5, 0.6) is 0 Å². The average molecular weight is 262 g/mol. The normalized spacial score (nSPS) is 18.9. The van der Waals surface area contributed by atoms with Gasteiger partial charge in [-0.3, -0.25) is 4.79 Å². The molecule has 1 aliphatic heterocycles. The van der Waals surface area contributed by atoms with E-state index >= 15 is 0 Å². The third-order valence-corrected chi connectivity index (χ3v) is 3.62. The minimum atomic E-state index is -0.0348. The molecule has 1 fully saturated rings. The molecular weight excluding hydrogens is 240 g/mol. The molecule has 2 atom stereocenters. The van der Waals surface area contributed by atoms with Crippen LogP contribution in [0.2, 0.25) is 0 Å². The summed E-state index contributed by atoms with van der Waals surface area (Å²) >= 11 is 0. The van der Waals surface area contributed by atoms with Gasteiger partial charge >= 0.3 is 0 Å². The van der Waals surface area contributed by atoms with Crippen LogP contribution in [0.4, 0.5) is 0 Å². The van der Waals surface area contributed by atoms with Gasteiger partial charge in [0.15, 0.2) is 0 Å². The van der Waals surface area contributed by atoms with E-state index in [0.717, 1.165) is 5.56 Å². The molecule has 1 saturated heterocycles. The van der Waals surface area contributed by atoms with Gasteiger partial charge in [0.05, 0.1) is 13.2 Å². The Balaban J connectivity index is 2.02. The first-order chi connectivity index (χ1) is 9.18. The Morgan fingerprint density at radius 2 is 1.95 bits per heavy atom. The molecule has 0 aromatic heterocycles. The molecule has 0 aliphatic carbocycles. The summed E-state index contributed by atoms with van der Waals surface area (Å²) in [6, 6.07) is 10.0. The molecule has 1 heterocycles. The second-order valence-electron chi connectivity index (χ2n) is 5.07. The Kier molecular flexibility index (Phi) is 4.93. The number of hydrogen-bond acceptors (Lipinski definition) is 3. The maximum Gasteiger partial charge on any atom is 0.223 e. The summed E-state index contributed by atoms with van der Waals surface area (Å²) in [6.07, 6.45) is 0.474. The maximum absolute atomic E-state index is 12.3. The molecule has 19 heavy (non-hydrogen) atoms. The molecule has 104 valence electrons. The fourth-order valence-corrected chi connectivity index (χ4v) is 2.44. The molecule has 2 unspecified atom stereocenters. The van der Waals surface area contributed by atoms with E-state index in [0.29, 0.717) is 32.7 Å². The van der Waals surface area contributed by atoms with E-state index in [9.17, 15) is 4.79 Å². The average Bonchev–Trinajstić information content (AvgIpc) is 2.46. The second kappa shape index (κ2) is 6.68. The van der Waals surface area contributed by atoms with Crippen molar-refractivity contribution < 1.29 is 9.53 Å². The van der Waals surface area contributed by atoms with E-state index < -0.39 is 0 Å². The number of morpholine rings is 1. The number of nitrogens with two attached hydrogens (primary N) is 1. The number of benzene rings is 1. The van der Waals surface area contributed by atoms with E-state index in [1.165, 1.54) is 0 Å². The third kappa shape index (κ3) is 3.78. The molecule has 0 bridgehead atoms. The highest BCUT2D eigenvalue weighted by atomic mass is 16.5. The Morgan fingerprint density at radius 1 is 1.32 bits per heavy atom. The first-order valence-electron chi connectivity index (χ1n) is 6.84. The van der Waals surface area contributed by atoms with E-state index in [2.05, 4.69) is 0 Å². The summed E-state index contributed by atoms with van der Waals surface area (Å²) in [7, 11) is 0. The van der Waals surface area contributed by atoms with Gasteiger partial charge in [0.2, 0.25) is 5.91 Å². The lowest BCUT2D eigenvalue weighted by Crippen LogP contribution is -2.42. The number of carbonyl (C=O) groups is 1. The van der Waals surface area contributed by atoms with Crippen molar-refractivity contribution in [3.8, 4) is 0 Å². The van der Waals surface area contributed by atoms with Crippen LogP contribution in [-0.2, 0) is 9.53 Å². The van der Waals surface area contributed by atoms with Crippen molar-refractivity contribution in [1.82, 2.24) is 4.90 Å². The quantitative estimate of drug-likeness (QED) is 0.891. The number of hydrogen-bond donors (Lipinski definition) is 1. The molecule has 2 rings (SSSR count). The third-order valence-electron chi connectivity index (χ3n) is 3.62. The summed E-state index contributed by atoms with van der Waals surface area (Å²) in [4.78, 5) is 14.2. The van der Waals surface area contributed by atoms with E-state index in [-0.39, 0.29) is 17.9 Å². The SMILES string of the molecule is CC(N)C(CC(=O)N1CCOCC1)c1ccccc1. The molecular formula is C15H22N2O2. The predicted molar refractivity (Wildman–Crippen MR) is 74.8 cm³/mol. The number of ether oxygens (including phenoxy) is 1. The number of carbonyl (C=O) groups excluding carboxylic acids is 1. The molecule has 1 aliphatic rings. The van der Waals surface area contributed by atoms with Gasteiger partial charge in [-0.2, -0.15) is 0 Å². The minimum Gasteiger partial charge on any atom is -0.378 e. The van der Waals surface area contributed by atoms with Crippen LogP contribution < -0.4 is 5.73 Å². The van der Waals surface area contributed by atoms with Gasteiger partial charge < -0.3 is 15.4 Å². The molecule has 4 heteroatoms. The van der Waals surface area contributed by atoms with Crippen molar-refractivity contribution in [1.29, 1.82) is 0 Å². The van der Waals surface area contributed by atoms with Crippen molar-refractivity contribution in [2.45, 2.75) is 25.3 Å². The van der Waals surface area contributed by atoms with Gasteiger partial charge in [0.25, 0.3) is 0 Å². The van der Waals surface area contributed by atoms with Gasteiger partial charge in [-0.15, -0.1) is 0 Å².